The molecule has 0 saturated carbocycles. The predicted octanol–water partition coefficient (Wildman–Crippen LogP) is 2.63. The molecule has 0 spiro atoms. The van der Waals surface area contributed by atoms with Crippen molar-refractivity contribution in [2.75, 3.05) is 14.2 Å². The summed E-state index contributed by atoms with van der Waals surface area (Å²) in [7, 11) is 3.19. The van der Waals surface area contributed by atoms with Crippen molar-refractivity contribution in [3.63, 3.8) is 0 Å². The molecule has 1 amide bonds. The zero-order chi connectivity index (χ0) is 14.3. The Kier molecular flexibility index (Phi) is 5.93. The van der Waals surface area contributed by atoms with Crippen molar-refractivity contribution < 1.29 is 14.3 Å². The van der Waals surface area contributed by atoms with Crippen LogP contribution in [0.2, 0.25) is 0 Å². The summed E-state index contributed by atoms with van der Waals surface area (Å²) in [5.41, 5.74) is 0.836. The number of carbonyl (C=O) groups is 1. The van der Waals surface area contributed by atoms with Gasteiger partial charge in [0, 0.05) is 23.7 Å². The Hall–Kier alpha value is -1.97. The van der Waals surface area contributed by atoms with Gasteiger partial charge in [-0.05, 0) is 31.6 Å². The first-order valence-electron chi connectivity index (χ1n) is 6.31. The van der Waals surface area contributed by atoms with Gasteiger partial charge in [-0.25, -0.2) is 0 Å². The molecule has 0 aromatic heterocycles. The van der Waals surface area contributed by atoms with Crippen LogP contribution in [-0.4, -0.2) is 26.2 Å². The van der Waals surface area contributed by atoms with E-state index in [4.69, 9.17) is 9.47 Å². The van der Waals surface area contributed by atoms with Crippen LogP contribution < -0.4 is 14.8 Å². The number of hydrogen-bond donors (Lipinski definition) is 1. The molecule has 0 heterocycles. The zero-order valence-electron chi connectivity index (χ0n) is 11.9. The van der Waals surface area contributed by atoms with E-state index in [0.29, 0.717) is 5.75 Å². The van der Waals surface area contributed by atoms with Crippen molar-refractivity contribution in [1.82, 2.24) is 5.32 Å². The van der Waals surface area contributed by atoms with Crippen molar-refractivity contribution in [2.24, 2.45) is 0 Å². The summed E-state index contributed by atoms with van der Waals surface area (Å²) in [5, 5.41) is 2.87. The largest absolute Gasteiger partial charge is 0.497 e. The third-order valence-corrected chi connectivity index (χ3v) is 2.86. The lowest BCUT2D eigenvalue weighted by atomic mass is 10.1. The molecule has 4 nitrogen and oxygen atoms in total. The van der Waals surface area contributed by atoms with Crippen LogP contribution in [0.15, 0.2) is 24.3 Å². The highest BCUT2D eigenvalue weighted by atomic mass is 16.5. The Labute approximate surface area is 114 Å². The molecule has 1 aromatic carbocycles. The maximum Gasteiger partial charge on any atom is 0.244 e. The first kappa shape index (κ1) is 15.1. The SMILES string of the molecule is CCC(C)NC(=O)/C=C/c1ccc(OC)cc1OC. The standard InChI is InChI=1S/C15H21NO3/c1-5-11(2)16-15(17)9-7-12-6-8-13(18-3)10-14(12)19-4/h6-11H,5H2,1-4H3,(H,16,17)/b9-7+. The second kappa shape index (κ2) is 7.46. The van der Waals surface area contributed by atoms with E-state index in [1.165, 1.54) is 6.08 Å². The van der Waals surface area contributed by atoms with Gasteiger partial charge in [-0.2, -0.15) is 0 Å². The van der Waals surface area contributed by atoms with E-state index in [-0.39, 0.29) is 11.9 Å². The fraction of sp³-hybridized carbons (Fsp3) is 0.400. The molecular weight excluding hydrogens is 242 g/mol. The van der Waals surface area contributed by atoms with Crippen LogP contribution in [0, 0.1) is 0 Å². The zero-order valence-corrected chi connectivity index (χ0v) is 11.9. The monoisotopic (exact) mass is 263 g/mol. The lowest BCUT2D eigenvalue weighted by molar-refractivity contribution is -0.117. The summed E-state index contributed by atoms with van der Waals surface area (Å²) >= 11 is 0. The lowest BCUT2D eigenvalue weighted by Crippen LogP contribution is -2.30. The maximum absolute atomic E-state index is 11.6. The molecule has 19 heavy (non-hydrogen) atoms. The topological polar surface area (TPSA) is 47.6 Å². The molecule has 0 saturated heterocycles. The Morgan fingerprint density at radius 3 is 2.68 bits per heavy atom. The fourth-order valence-corrected chi connectivity index (χ4v) is 1.51. The van der Waals surface area contributed by atoms with Gasteiger partial charge >= 0.3 is 0 Å². The summed E-state index contributed by atoms with van der Waals surface area (Å²) in [5.74, 6) is 1.29. The van der Waals surface area contributed by atoms with Gasteiger partial charge in [-0.3, -0.25) is 4.79 Å². The van der Waals surface area contributed by atoms with Crippen LogP contribution in [-0.2, 0) is 4.79 Å². The minimum atomic E-state index is -0.104. The number of methoxy groups -OCH3 is 2. The lowest BCUT2D eigenvalue weighted by Gasteiger charge is -2.09. The molecule has 0 bridgehead atoms. The molecule has 0 radical (unpaired) electrons. The number of ether oxygens (including phenoxy) is 2. The Morgan fingerprint density at radius 1 is 1.37 bits per heavy atom. The highest BCUT2D eigenvalue weighted by molar-refractivity contribution is 5.92. The van der Waals surface area contributed by atoms with Crippen molar-refractivity contribution >= 4 is 12.0 Å². The van der Waals surface area contributed by atoms with Gasteiger partial charge in [-0.15, -0.1) is 0 Å². The Bertz CT molecular complexity index is 455. The van der Waals surface area contributed by atoms with E-state index in [9.17, 15) is 4.79 Å². The molecule has 1 rings (SSSR count). The van der Waals surface area contributed by atoms with Crippen LogP contribution in [0.5, 0.6) is 11.5 Å². The van der Waals surface area contributed by atoms with E-state index < -0.39 is 0 Å². The summed E-state index contributed by atoms with van der Waals surface area (Å²) in [4.78, 5) is 11.6. The molecule has 1 atom stereocenters. The second-order valence-electron chi connectivity index (χ2n) is 4.26. The van der Waals surface area contributed by atoms with Gasteiger partial charge in [-0.1, -0.05) is 6.92 Å². The van der Waals surface area contributed by atoms with Crippen LogP contribution in [0.1, 0.15) is 25.8 Å². The molecule has 0 aliphatic carbocycles. The molecule has 0 aliphatic rings. The third-order valence-electron chi connectivity index (χ3n) is 2.86. The molecule has 1 aromatic rings. The van der Waals surface area contributed by atoms with E-state index in [1.54, 1.807) is 26.4 Å². The van der Waals surface area contributed by atoms with Gasteiger partial charge in [0.15, 0.2) is 0 Å². The summed E-state index contributed by atoms with van der Waals surface area (Å²) in [6, 6.07) is 5.64. The molecule has 1 N–H and O–H groups in total. The Morgan fingerprint density at radius 2 is 2.11 bits per heavy atom. The van der Waals surface area contributed by atoms with Crippen molar-refractivity contribution in [3.05, 3.63) is 29.8 Å². The number of carbonyl (C=O) groups excluding carboxylic acids is 1. The quantitative estimate of drug-likeness (QED) is 0.803. The highest BCUT2D eigenvalue weighted by Gasteiger charge is 2.04. The van der Waals surface area contributed by atoms with Gasteiger partial charge < -0.3 is 14.8 Å². The van der Waals surface area contributed by atoms with Gasteiger partial charge in [0.05, 0.1) is 14.2 Å². The van der Waals surface area contributed by atoms with Crippen LogP contribution in [0.25, 0.3) is 6.08 Å². The number of hydrogen-bond acceptors (Lipinski definition) is 3. The van der Waals surface area contributed by atoms with Gasteiger partial charge in [0.1, 0.15) is 11.5 Å². The molecule has 1 unspecified atom stereocenters. The van der Waals surface area contributed by atoms with Gasteiger partial charge in [0.2, 0.25) is 5.91 Å². The van der Waals surface area contributed by atoms with E-state index >= 15 is 0 Å². The highest BCUT2D eigenvalue weighted by Crippen LogP contribution is 2.25. The maximum atomic E-state index is 11.6. The van der Waals surface area contributed by atoms with Crippen LogP contribution in [0.3, 0.4) is 0 Å². The molecule has 0 fully saturated rings. The van der Waals surface area contributed by atoms with Crippen molar-refractivity contribution in [2.45, 2.75) is 26.3 Å². The minimum absolute atomic E-state index is 0.104. The molecule has 104 valence electrons. The van der Waals surface area contributed by atoms with Crippen molar-refractivity contribution in [3.8, 4) is 11.5 Å². The average molecular weight is 263 g/mol. The smallest absolute Gasteiger partial charge is 0.244 e. The van der Waals surface area contributed by atoms with Crippen LogP contribution in [0.4, 0.5) is 0 Å². The first-order chi connectivity index (χ1) is 9.10. The number of nitrogens with one attached hydrogen (secondary N) is 1. The normalized spacial score (nSPS) is 12.2. The molecule has 4 heteroatoms. The summed E-state index contributed by atoms with van der Waals surface area (Å²) in [6.07, 6.45) is 4.15. The van der Waals surface area contributed by atoms with E-state index in [2.05, 4.69) is 5.32 Å². The fourth-order valence-electron chi connectivity index (χ4n) is 1.51. The predicted molar refractivity (Wildman–Crippen MR) is 76.5 cm³/mol. The number of amides is 1. The number of benzene rings is 1. The summed E-state index contributed by atoms with van der Waals surface area (Å²) < 4.78 is 10.4. The molecular formula is C15H21NO3. The van der Waals surface area contributed by atoms with Gasteiger partial charge in [0.25, 0.3) is 0 Å². The van der Waals surface area contributed by atoms with E-state index in [1.807, 2.05) is 26.0 Å². The van der Waals surface area contributed by atoms with Crippen LogP contribution >= 0.6 is 0 Å². The average Bonchev–Trinajstić information content (AvgIpc) is 2.44. The van der Waals surface area contributed by atoms with E-state index in [0.717, 1.165) is 17.7 Å². The first-order valence-corrected chi connectivity index (χ1v) is 6.31. The summed E-state index contributed by atoms with van der Waals surface area (Å²) in [6.45, 7) is 4.00. The third kappa shape index (κ3) is 4.66. The Balaban J connectivity index is 2.78. The second-order valence-corrected chi connectivity index (χ2v) is 4.26. The minimum Gasteiger partial charge on any atom is -0.497 e. The number of rotatable bonds is 6. The van der Waals surface area contributed by atoms with Crippen molar-refractivity contribution in [1.29, 1.82) is 0 Å². The molecule has 0 aliphatic heterocycles.